The van der Waals surface area contributed by atoms with Gasteiger partial charge in [-0.25, -0.2) is 27.2 Å². The number of benzene rings is 2. The van der Waals surface area contributed by atoms with Crippen LogP contribution in [0.25, 0.3) is 16.7 Å². The van der Waals surface area contributed by atoms with Crippen molar-refractivity contribution in [2.75, 3.05) is 6.26 Å². The van der Waals surface area contributed by atoms with Crippen LogP contribution in [-0.2, 0) is 14.6 Å². The van der Waals surface area contributed by atoms with E-state index in [2.05, 4.69) is 10.3 Å². The standard InChI is InChI=1S/C28H27FN4O6S/c1-40(38,39)22-9-5-8-21(15-22)32-25-23(14-18(29)16-30-25)27(36)33(28(32)37)20-12-10-19(11-13-20)31-26(35)24(34)17-6-3-2-4-7-17/h2-9,14-16,19-20,24,34H,10-13H2,1H3,(H,31,35)/t19?,20?,24-/m1/s1. The van der Waals surface area contributed by atoms with Crippen LogP contribution in [0.2, 0.25) is 0 Å². The minimum atomic E-state index is -3.60. The van der Waals surface area contributed by atoms with Gasteiger partial charge >= 0.3 is 5.69 Å². The van der Waals surface area contributed by atoms with Crippen molar-refractivity contribution in [1.82, 2.24) is 19.4 Å². The Balaban J connectivity index is 1.47. The molecule has 2 aromatic heterocycles. The normalized spacial score (nSPS) is 18.4. The van der Waals surface area contributed by atoms with Gasteiger partial charge in [0.1, 0.15) is 5.82 Å². The number of aromatic nitrogens is 3. The first-order valence-corrected chi connectivity index (χ1v) is 14.6. The summed E-state index contributed by atoms with van der Waals surface area (Å²) in [7, 11) is -3.60. The molecule has 2 N–H and O–H groups in total. The van der Waals surface area contributed by atoms with E-state index in [1.54, 1.807) is 30.3 Å². The van der Waals surface area contributed by atoms with Crippen LogP contribution in [0, 0.1) is 5.82 Å². The molecule has 5 rings (SSSR count). The molecule has 10 nitrogen and oxygen atoms in total. The highest BCUT2D eigenvalue weighted by molar-refractivity contribution is 7.90. The number of pyridine rings is 1. The summed E-state index contributed by atoms with van der Waals surface area (Å²) in [6.45, 7) is 0. The van der Waals surface area contributed by atoms with Crippen molar-refractivity contribution in [3.8, 4) is 5.69 Å². The van der Waals surface area contributed by atoms with E-state index < -0.39 is 45.0 Å². The zero-order valence-corrected chi connectivity index (χ0v) is 22.3. The van der Waals surface area contributed by atoms with Crippen LogP contribution in [0.1, 0.15) is 43.4 Å². The molecule has 1 fully saturated rings. The third kappa shape index (κ3) is 5.32. The molecule has 1 atom stereocenters. The fourth-order valence-corrected chi connectivity index (χ4v) is 5.80. The number of carbonyl (C=O) groups is 1. The van der Waals surface area contributed by atoms with Crippen molar-refractivity contribution in [2.24, 2.45) is 0 Å². The fourth-order valence-electron chi connectivity index (χ4n) is 5.14. The molecule has 0 aliphatic heterocycles. The second-order valence-corrected chi connectivity index (χ2v) is 11.9. The molecule has 0 unspecified atom stereocenters. The van der Waals surface area contributed by atoms with Crippen molar-refractivity contribution in [3.63, 3.8) is 0 Å². The Morgan fingerprint density at radius 2 is 1.75 bits per heavy atom. The zero-order valence-electron chi connectivity index (χ0n) is 21.5. The zero-order chi connectivity index (χ0) is 28.6. The first-order valence-electron chi connectivity index (χ1n) is 12.7. The van der Waals surface area contributed by atoms with Gasteiger partial charge in [0, 0.05) is 18.3 Å². The molecule has 1 amide bonds. The highest BCUT2D eigenvalue weighted by atomic mass is 32.2. The van der Waals surface area contributed by atoms with Crippen LogP contribution in [0.5, 0.6) is 0 Å². The number of carbonyl (C=O) groups excluding carboxylic acids is 1. The average molecular weight is 567 g/mol. The van der Waals surface area contributed by atoms with E-state index in [1.807, 2.05) is 0 Å². The summed E-state index contributed by atoms with van der Waals surface area (Å²) in [5.74, 6) is -1.29. The molecule has 1 aliphatic rings. The molecule has 40 heavy (non-hydrogen) atoms. The first-order chi connectivity index (χ1) is 19.0. The van der Waals surface area contributed by atoms with Crippen molar-refractivity contribution in [1.29, 1.82) is 0 Å². The lowest BCUT2D eigenvalue weighted by molar-refractivity contribution is -0.130. The number of nitrogens with zero attached hydrogens (tertiary/aromatic N) is 3. The van der Waals surface area contributed by atoms with E-state index in [0.717, 1.165) is 27.7 Å². The number of aliphatic hydroxyl groups excluding tert-OH is 1. The Hall–Kier alpha value is -4.16. The number of sulfone groups is 1. The van der Waals surface area contributed by atoms with Crippen molar-refractivity contribution < 1.29 is 22.7 Å². The number of hydrogen-bond acceptors (Lipinski definition) is 7. The molecular formula is C28H27FN4O6S. The molecule has 208 valence electrons. The van der Waals surface area contributed by atoms with E-state index in [-0.39, 0.29) is 27.7 Å². The maximum absolute atomic E-state index is 14.2. The number of nitrogens with one attached hydrogen (secondary N) is 1. The Labute approximate surface area is 228 Å². The highest BCUT2D eigenvalue weighted by Crippen LogP contribution is 2.28. The quantitative estimate of drug-likeness (QED) is 0.365. The van der Waals surface area contributed by atoms with Crippen molar-refractivity contribution in [3.05, 3.63) is 99.1 Å². The Morgan fingerprint density at radius 1 is 1.05 bits per heavy atom. The molecule has 0 radical (unpaired) electrons. The Kier molecular flexibility index (Phi) is 7.39. The van der Waals surface area contributed by atoms with E-state index in [1.165, 1.54) is 24.3 Å². The van der Waals surface area contributed by atoms with E-state index >= 15 is 0 Å². The lowest BCUT2D eigenvalue weighted by Gasteiger charge is -2.31. The molecule has 2 heterocycles. The number of amides is 1. The van der Waals surface area contributed by atoms with Crippen molar-refractivity contribution >= 4 is 26.8 Å². The summed E-state index contributed by atoms with van der Waals surface area (Å²) in [6.07, 6.45) is 2.20. The third-order valence-electron chi connectivity index (χ3n) is 7.17. The van der Waals surface area contributed by atoms with Gasteiger partial charge in [-0.15, -0.1) is 0 Å². The van der Waals surface area contributed by atoms with Gasteiger partial charge in [0.2, 0.25) is 0 Å². The second-order valence-electron chi connectivity index (χ2n) is 9.91. The SMILES string of the molecule is CS(=O)(=O)c1cccc(-n2c(=O)n(C3CCC(NC(=O)[C@H](O)c4ccccc4)CC3)c(=O)c3cc(F)cnc32)c1. The maximum atomic E-state index is 14.2. The molecule has 1 aliphatic carbocycles. The van der Waals surface area contributed by atoms with Gasteiger partial charge in [-0.05, 0) is 55.5 Å². The van der Waals surface area contributed by atoms with E-state index in [9.17, 15) is 32.3 Å². The van der Waals surface area contributed by atoms with Crippen molar-refractivity contribution in [2.45, 2.75) is 48.8 Å². The predicted molar refractivity (Wildman–Crippen MR) is 146 cm³/mol. The summed E-state index contributed by atoms with van der Waals surface area (Å²) < 4.78 is 40.7. The summed E-state index contributed by atoms with van der Waals surface area (Å²) >= 11 is 0. The summed E-state index contributed by atoms with van der Waals surface area (Å²) in [6, 6.07) is 14.4. The third-order valence-corrected chi connectivity index (χ3v) is 8.28. The molecule has 0 spiro atoms. The van der Waals surface area contributed by atoms with Crippen LogP contribution in [-0.4, -0.2) is 45.8 Å². The van der Waals surface area contributed by atoms with Gasteiger partial charge in [-0.1, -0.05) is 36.4 Å². The largest absolute Gasteiger partial charge is 0.378 e. The predicted octanol–water partition coefficient (Wildman–Crippen LogP) is 2.42. The smallest absolute Gasteiger partial charge is 0.337 e. The summed E-state index contributed by atoms with van der Waals surface area (Å²) in [5.41, 5.74) is -0.878. The Morgan fingerprint density at radius 3 is 2.42 bits per heavy atom. The number of aliphatic hydroxyl groups is 1. The second kappa shape index (κ2) is 10.8. The molecule has 12 heteroatoms. The molecule has 0 saturated heterocycles. The van der Waals surface area contributed by atoms with Crippen LogP contribution < -0.4 is 16.6 Å². The van der Waals surface area contributed by atoms with Gasteiger partial charge in [-0.2, -0.15) is 0 Å². The van der Waals surface area contributed by atoms with Gasteiger partial charge < -0.3 is 10.4 Å². The lowest BCUT2D eigenvalue weighted by Crippen LogP contribution is -2.45. The van der Waals surface area contributed by atoms with Gasteiger partial charge in [-0.3, -0.25) is 14.2 Å². The maximum Gasteiger partial charge on any atom is 0.337 e. The topological polar surface area (TPSA) is 140 Å². The molecule has 4 aromatic rings. The van der Waals surface area contributed by atoms with E-state index in [4.69, 9.17) is 0 Å². The fraction of sp³-hybridized carbons (Fsp3) is 0.286. The number of fused-ring (bicyclic) bond motifs is 1. The average Bonchev–Trinajstić information content (AvgIpc) is 2.94. The number of rotatable bonds is 6. The van der Waals surface area contributed by atoms with Gasteiger partial charge in [0.15, 0.2) is 21.6 Å². The lowest BCUT2D eigenvalue weighted by atomic mass is 9.90. The van der Waals surface area contributed by atoms with E-state index in [0.29, 0.717) is 31.2 Å². The van der Waals surface area contributed by atoms with Crippen LogP contribution >= 0.6 is 0 Å². The van der Waals surface area contributed by atoms with Crippen LogP contribution in [0.3, 0.4) is 0 Å². The van der Waals surface area contributed by atoms with Gasteiger partial charge in [0.05, 0.1) is 22.2 Å². The molecular weight excluding hydrogens is 539 g/mol. The van der Waals surface area contributed by atoms with Crippen LogP contribution in [0.4, 0.5) is 4.39 Å². The number of halogens is 1. The van der Waals surface area contributed by atoms with Gasteiger partial charge in [0.25, 0.3) is 11.5 Å². The Bertz CT molecular complexity index is 1810. The molecule has 0 bridgehead atoms. The number of hydrogen-bond donors (Lipinski definition) is 2. The minimum Gasteiger partial charge on any atom is -0.378 e. The summed E-state index contributed by atoms with van der Waals surface area (Å²) in [5, 5.41) is 13.1. The summed E-state index contributed by atoms with van der Waals surface area (Å²) in [4.78, 5) is 43.8. The first kappa shape index (κ1) is 27.4. The highest BCUT2D eigenvalue weighted by Gasteiger charge is 2.29. The minimum absolute atomic E-state index is 0.0288. The molecule has 1 saturated carbocycles. The van der Waals surface area contributed by atoms with Crippen LogP contribution in [0.15, 0.2) is 81.3 Å². The molecule has 2 aromatic carbocycles. The monoisotopic (exact) mass is 566 g/mol.